The van der Waals surface area contributed by atoms with E-state index in [2.05, 4.69) is 22.1 Å². The summed E-state index contributed by atoms with van der Waals surface area (Å²) in [6.07, 6.45) is 5.12. The summed E-state index contributed by atoms with van der Waals surface area (Å²) in [5, 5.41) is 7.23. The minimum Gasteiger partial charge on any atom is -0.367 e. The van der Waals surface area contributed by atoms with Gasteiger partial charge in [-0.1, -0.05) is 0 Å². The standard InChI is InChI=1S/C11H20N4O/c1-11(6-2-3-8-16-11)10-13-9(14-15-10)5-4-7-12/h2-8,12H2,1H3,(H,13,14,15). The second-order valence-corrected chi connectivity index (χ2v) is 4.53. The quantitative estimate of drug-likeness (QED) is 0.803. The monoisotopic (exact) mass is 224 g/mol. The number of aromatic nitrogens is 3. The van der Waals surface area contributed by atoms with Crippen molar-refractivity contribution in [2.45, 2.75) is 44.6 Å². The van der Waals surface area contributed by atoms with E-state index >= 15 is 0 Å². The van der Waals surface area contributed by atoms with Gasteiger partial charge in [0, 0.05) is 13.0 Å². The summed E-state index contributed by atoms with van der Waals surface area (Å²) >= 11 is 0. The van der Waals surface area contributed by atoms with Crippen LogP contribution in [0.3, 0.4) is 0 Å². The van der Waals surface area contributed by atoms with Crippen LogP contribution < -0.4 is 5.73 Å². The molecule has 16 heavy (non-hydrogen) atoms. The molecule has 2 rings (SSSR count). The van der Waals surface area contributed by atoms with Crippen LogP contribution in [0, 0.1) is 0 Å². The summed E-state index contributed by atoms with van der Waals surface area (Å²) in [7, 11) is 0. The molecule has 1 unspecified atom stereocenters. The molecule has 5 nitrogen and oxygen atoms in total. The number of H-pyrrole nitrogens is 1. The van der Waals surface area contributed by atoms with Crippen molar-refractivity contribution in [1.29, 1.82) is 0 Å². The van der Waals surface area contributed by atoms with E-state index in [0.717, 1.165) is 43.9 Å². The van der Waals surface area contributed by atoms with Crippen molar-refractivity contribution in [2.75, 3.05) is 13.2 Å². The first-order valence-electron chi connectivity index (χ1n) is 6.00. The van der Waals surface area contributed by atoms with Crippen molar-refractivity contribution in [1.82, 2.24) is 15.2 Å². The second kappa shape index (κ2) is 4.93. The number of hydrogen-bond donors (Lipinski definition) is 2. The Morgan fingerprint density at radius 3 is 3.06 bits per heavy atom. The van der Waals surface area contributed by atoms with Crippen molar-refractivity contribution >= 4 is 0 Å². The third kappa shape index (κ3) is 2.41. The maximum Gasteiger partial charge on any atom is 0.182 e. The highest BCUT2D eigenvalue weighted by Crippen LogP contribution is 2.32. The number of aryl methyl sites for hydroxylation is 1. The van der Waals surface area contributed by atoms with Gasteiger partial charge in [0.2, 0.25) is 0 Å². The van der Waals surface area contributed by atoms with E-state index in [0.29, 0.717) is 6.54 Å². The highest BCUT2D eigenvalue weighted by molar-refractivity contribution is 5.02. The lowest BCUT2D eigenvalue weighted by Crippen LogP contribution is -2.31. The molecule has 5 heteroatoms. The first-order chi connectivity index (χ1) is 7.74. The largest absolute Gasteiger partial charge is 0.367 e. The van der Waals surface area contributed by atoms with Crippen molar-refractivity contribution in [2.24, 2.45) is 5.73 Å². The molecule has 0 aliphatic carbocycles. The highest BCUT2D eigenvalue weighted by Gasteiger charge is 2.33. The van der Waals surface area contributed by atoms with Gasteiger partial charge in [-0.2, -0.15) is 5.10 Å². The van der Waals surface area contributed by atoms with Crippen LogP contribution in [0.25, 0.3) is 0 Å². The van der Waals surface area contributed by atoms with Gasteiger partial charge in [0.1, 0.15) is 11.4 Å². The van der Waals surface area contributed by atoms with Crippen LogP contribution in [0.2, 0.25) is 0 Å². The Morgan fingerprint density at radius 2 is 2.38 bits per heavy atom. The van der Waals surface area contributed by atoms with Gasteiger partial charge >= 0.3 is 0 Å². The van der Waals surface area contributed by atoms with Gasteiger partial charge in [0.05, 0.1) is 0 Å². The Bertz CT molecular complexity index is 330. The fourth-order valence-electron chi connectivity index (χ4n) is 2.02. The molecule has 1 aromatic heterocycles. The summed E-state index contributed by atoms with van der Waals surface area (Å²) in [5.41, 5.74) is 5.17. The molecule has 1 aromatic rings. The molecule has 1 saturated heterocycles. The van der Waals surface area contributed by atoms with Crippen molar-refractivity contribution < 1.29 is 4.74 Å². The van der Waals surface area contributed by atoms with Crippen LogP contribution in [0.4, 0.5) is 0 Å². The number of aromatic amines is 1. The second-order valence-electron chi connectivity index (χ2n) is 4.53. The summed E-state index contributed by atoms with van der Waals surface area (Å²) in [6.45, 7) is 3.56. The number of ether oxygens (including phenoxy) is 1. The van der Waals surface area contributed by atoms with Crippen LogP contribution in [-0.4, -0.2) is 28.3 Å². The average Bonchev–Trinajstić information content (AvgIpc) is 2.77. The Morgan fingerprint density at radius 1 is 1.50 bits per heavy atom. The van der Waals surface area contributed by atoms with E-state index < -0.39 is 0 Å². The lowest BCUT2D eigenvalue weighted by atomic mass is 9.95. The van der Waals surface area contributed by atoms with Crippen molar-refractivity contribution in [3.05, 3.63) is 11.6 Å². The number of nitrogens with two attached hydrogens (primary N) is 1. The van der Waals surface area contributed by atoms with Crippen molar-refractivity contribution in [3.63, 3.8) is 0 Å². The smallest absolute Gasteiger partial charge is 0.182 e. The SMILES string of the molecule is CC1(c2n[nH]c(CCCN)n2)CCCCO1. The number of nitrogens with zero attached hydrogens (tertiary/aromatic N) is 2. The van der Waals surface area contributed by atoms with Gasteiger partial charge in [0.25, 0.3) is 0 Å². The van der Waals surface area contributed by atoms with Crippen LogP contribution in [0.5, 0.6) is 0 Å². The van der Waals surface area contributed by atoms with Crippen LogP contribution in [0.1, 0.15) is 44.3 Å². The van der Waals surface area contributed by atoms with Crippen LogP contribution in [0.15, 0.2) is 0 Å². The van der Waals surface area contributed by atoms with E-state index in [4.69, 9.17) is 10.5 Å². The molecule has 0 aromatic carbocycles. The molecule has 1 aliphatic rings. The molecule has 0 saturated carbocycles. The Hall–Kier alpha value is -0.940. The number of hydrogen-bond acceptors (Lipinski definition) is 4. The molecule has 90 valence electrons. The lowest BCUT2D eigenvalue weighted by Gasteiger charge is -2.30. The molecule has 0 spiro atoms. The van der Waals surface area contributed by atoms with E-state index in [1.54, 1.807) is 0 Å². The molecule has 0 amide bonds. The molecule has 2 heterocycles. The van der Waals surface area contributed by atoms with Gasteiger partial charge in [-0.25, -0.2) is 4.98 Å². The summed E-state index contributed by atoms with van der Waals surface area (Å²) in [6, 6.07) is 0. The first-order valence-corrected chi connectivity index (χ1v) is 6.00. The maximum atomic E-state index is 5.80. The zero-order valence-electron chi connectivity index (χ0n) is 9.83. The summed E-state index contributed by atoms with van der Waals surface area (Å²) < 4.78 is 5.80. The van der Waals surface area contributed by atoms with Gasteiger partial charge in [-0.15, -0.1) is 0 Å². The predicted octanol–water partition coefficient (Wildman–Crippen LogP) is 1.11. The molecule has 3 N–H and O–H groups in total. The van der Waals surface area contributed by atoms with Crippen molar-refractivity contribution in [3.8, 4) is 0 Å². The predicted molar refractivity (Wildman–Crippen MR) is 60.9 cm³/mol. The number of nitrogens with one attached hydrogen (secondary N) is 1. The average molecular weight is 224 g/mol. The van der Waals surface area contributed by atoms with Crippen LogP contribution in [-0.2, 0) is 16.8 Å². The fraction of sp³-hybridized carbons (Fsp3) is 0.818. The third-order valence-electron chi connectivity index (χ3n) is 3.09. The molecule has 1 aliphatic heterocycles. The normalized spacial score (nSPS) is 25.9. The Balaban J connectivity index is 2.05. The molecular formula is C11H20N4O. The van der Waals surface area contributed by atoms with E-state index in [-0.39, 0.29) is 5.60 Å². The Labute approximate surface area is 95.8 Å². The molecular weight excluding hydrogens is 204 g/mol. The zero-order valence-corrected chi connectivity index (χ0v) is 9.83. The number of rotatable bonds is 4. The lowest BCUT2D eigenvalue weighted by molar-refractivity contribution is -0.0758. The maximum absolute atomic E-state index is 5.80. The molecule has 1 atom stereocenters. The van der Waals surface area contributed by atoms with E-state index in [9.17, 15) is 0 Å². The minimum absolute atomic E-state index is 0.296. The summed E-state index contributed by atoms with van der Waals surface area (Å²) in [5.74, 6) is 1.70. The summed E-state index contributed by atoms with van der Waals surface area (Å²) in [4.78, 5) is 4.50. The van der Waals surface area contributed by atoms with Gasteiger partial charge in [-0.3, -0.25) is 5.10 Å². The van der Waals surface area contributed by atoms with E-state index in [1.807, 2.05) is 0 Å². The minimum atomic E-state index is -0.296. The van der Waals surface area contributed by atoms with Gasteiger partial charge in [-0.05, 0) is 39.2 Å². The van der Waals surface area contributed by atoms with E-state index in [1.165, 1.54) is 6.42 Å². The highest BCUT2D eigenvalue weighted by atomic mass is 16.5. The molecule has 0 bridgehead atoms. The topological polar surface area (TPSA) is 76.8 Å². The van der Waals surface area contributed by atoms with Gasteiger partial charge < -0.3 is 10.5 Å². The van der Waals surface area contributed by atoms with Crippen LogP contribution >= 0.6 is 0 Å². The molecule has 0 radical (unpaired) electrons. The Kier molecular flexibility index (Phi) is 3.56. The van der Waals surface area contributed by atoms with Gasteiger partial charge in [0.15, 0.2) is 5.82 Å². The fourth-order valence-corrected chi connectivity index (χ4v) is 2.02. The molecule has 1 fully saturated rings. The zero-order chi connectivity index (χ0) is 11.4. The third-order valence-corrected chi connectivity index (χ3v) is 3.09. The first kappa shape index (κ1) is 11.5.